The lowest BCUT2D eigenvalue weighted by atomic mass is 10.0. The van der Waals surface area contributed by atoms with E-state index in [1.54, 1.807) is 18.2 Å². The molecule has 0 spiro atoms. The van der Waals surface area contributed by atoms with E-state index in [4.69, 9.17) is 4.74 Å². The number of benzene rings is 2. The maximum atomic E-state index is 12.7. The maximum Gasteiger partial charge on any atom is 0.262 e. The number of imide groups is 4. The molecule has 4 heterocycles. The molecule has 2 fully saturated rings. The van der Waals surface area contributed by atoms with E-state index in [0.717, 1.165) is 45.1 Å². The Hall–Kier alpha value is -3.96. The number of carbonyl (C=O) groups excluding carboxylic acids is 8. The molecule has 0 aliphatic carbocycles. The number of piperidine rings is 2. The van der Waals surface area contributed by atoms with Gasteiger partial charge in [-0.1, -0.05) is 54.2 Å². The summed E-state index contributed by atoms with van der Waals surface area (Å²) in [7, 11) is 0. The van der Waals surface area contributed by atoms with Crippen LogP contribution >= 0.6 is 47.8 Å². The molecule has 14 nitrogen and oxygen atoms in total. The van der Waals surface area contributed by atoms with E-state index in [1.807, 2.05) is 0 Å². The Bertz CT molecular complexity index is 1770. The van der Waals surface area contributed by atoms with Gasteiger partial charge in [-0.25, -0.2) is 0 Å². The quantitative estimate of drug-likeness (QED) is 0.152. The zero-order valence-electron chi connectivity index (χ0n) is 28.7. The molecule has 0 aromatic heterocycles. The van der Waals surface area contributed by atoms with Crippen molar-refractivity contribution >= 4 is 95.0 Å². The molecule has 284 valence electrons. The fraction of sp³-hybridized carbons (Fsp3) is 0.444. The molecule has 0 saturated carbocycles. The lowest BCUT2D eigenvalue weighted by molar-refractivity contribution is -0.137. The van der Waals surface area contributed by atoms with Crippen molar-refractivity contribution in [3.05, 3.63) is 58.7 Å². The van der Waals surface area contributed by atoms with Gasteiger partial charge in [0.2, 0.25) is 23.6 Å². The highest BCUT2D eigenvalue weighted by Crippen LogP contribution is 2.31. The summed E-state index contributed by atoms with van der Waals surface area (Å²) in [5.41, 5.74) is 0.709. The standard InChI is InChI=1S/C18H19BrN2O5.C13H10N2O5.C5H10Br2/c19-8-2-1-3-9-26-11-4-5-12-13(10-11)18(25)21(17(12)24)14-6-7-15(22)20-16(14)23;16-6-1-2-7-8(5-6)13(20)15(12(7)19)9-3-4-10(17)14-11(9)18;6-4-2-1-3-5-7/h4-5,10,14H,1-3,6-9H2,(H,20,22,23);1-2,5,9,16H,3-4H2,(H,14,17,18);1-5H2. The van der Waals surface area contributed by atoms with Crippen LogP contribution in [-0.2, 0) is 19.2 Å². The molecule has 8 amide bonds. The monoisotopic (exact) mass is 924 g/mol. The first-order valence-electron chi connectivity index (χ1n) is 17.1. The number of phenols is 1. The molecule has 2 aromatic carbocycles. The molecular formula is C36H39Br3N4O10. The number of unbranched alkanes of at least 4 members (excludes halogenated alkanes) is 4. The molecule has 0 bridgehead atoms. The molecule has 53 heavy (non-hydrogen) atoms. The summed E-state index contributed by atoms with van der Waals surface area (Å²) in [6.07, 6.45) is 7.42. The van der Waals surface area contributed by atoms with Crippen LogP contribution in [0.5, 0.6) is 11.5 Å². The normalized spacial score (nSPS) is 19.2. The third-order valence-corrected chi connectivity index (χ3v) is 10.3. The Morgan fingerprint density at radius 3 is 1.49 bits per heavy atom. The number of ether oxygens (including phenoxy) is 1. The number of aromatic hydroxyl groups is 1. The lowest BCUT2D eigenvalue weighted by Gasteiger charge is -2.27. The third kappa shape index (κ3) is 10.4. The van der Waals surface area contributed by atoms with E-state index in [1.165, 1.54) is 37.5 Å². The molecule has 2 unspecified atom stereocenters. The SMILES string of the molecule is BrCCCCCBr.O=C1CCC(N2C(=O)c3ccc(O)cc3C2=O)C(=O)N1.O=C1CCC(N2C(=O)c3ccc(OCCCCCBr)cc3C2=O)C(=O)N1. The smallest absolute Gasteiger partial charge is 0.262 e. The largest absolute Gasteiger partial charge is 0.508 e. The van der Waals surface area contributed by atoms with E-state index in [2.05, 4.69) is 58.4 Å². The Morgan fingerprint density at radius 2 is 1.02 bits per heavy atom. The van der Waals surface area contributed by atoms with Crippen LogP contribution in [0, 0.1) is 0 Å². The maximum absolute atomic E-state index is 12.7. The minimum Gasteiger partial charge on any atom is -0.508 e. The van der Waals surface area contributed by atoms with Crippen molar-refractivity contribution in [3.8, 4) is 11.5 Å². The number of carbonyl (C=O) groups is 8. The van der Waals surface area contributed by atoms with Gasteiger partial charge >= 0.3 is 0 Å². The molecule has 2 atom stereocenters. The average Bonchev–Trinajstić information content (AvgIpc) is 3.52. The minimum atomic E-state index is -0.984. The van der Waals surface area contributed by atoms with Crippen LogP contribution in [-0.4, -0.2) is 96.8 Å². The van der Waals surface area contributed by atoms with Crippen LogP contribution in [0.1, 0.15) is 106 Å². The first-order chi connectivity index (χ1) is 25.4. The van der Waals surface area contributed by atoms with Crippen LogP contribution in [0.3, 0.4) is 0 Å². The predicted molar refractivity (Wildman–Crippen MR) is 202 cm³/mol. The summed E-state index contributed by atoms with van der Waals surface area (Å²) in [5, 5.41) is 16.9. The fourth-order valence-corrected chi connectivity index (χ4v) is 7.12. The van der Waals surface area contributed by atoms with E-state index < -0.39 is 59.3 Å². The summed E-state index contributed by atoms with van der Waals surface area (Å²) in [5.74, 6) is -3.93. The van der Waals surface area contributed by atoms with Gasteiger partial charge in [0.1, 0.15) is 23.6 Å². The van der Waals surface area contributed by atoms with E-state index >= 15 is 0 Å². The molecule has 17 heteroatoms. The van der Waals surface area contributed by atoms with Crippen molar-refractivity contribution in [2.24, 2.45) is 0 Å². The van der Waals surface area contributed by atoms with Crippen LogP contribution in [0.2, 0.25) is 0 Å². The second-order valence-corrected chi connectivity index (χ2v) is 14.7. The van der Waals surface area contributed by atoms with Gasteiger partial charge in [0, 0.05) is 28.8 Å². The van der Waals surface area contributed by atoms with Crippen LogP contribution < -0.4 is 15.4 Å². The molecule has 4 aliphatic rings. The molecule has 0 radical (unpaired) electrons. The fourth-order valence-electron chi connectivity index (χ4n) is 5.93. The zero-order chi connectivity index (χ0) is 38.7. The van der Waals surface area contributed by atoms with Gasteiger partial charge in [0.25, 0.3) is 23.6 Å². The molecule has 4 aliphatic heterocycles. The van der Waals surface area contributed by atoms with Gasteiger partial charge in [-0.05, 0) is 81.3 Å². The van der Waals surface area contributed by atoms with Crippen molar-refractivity contribution < 1.29 is 48.2 Å². The number of halogens is 3. The van der Waals surface area contributed by atoms with Crippen molar-refractivity contribution in [2.45, 2.75) is 76.3 Å². The number of hydrogen-bond acceptors (Lipinski definition) is 10. The number of nitrogens with zero attached hydrogens (tertiary/aromatic N) is 2. The zero-order valence-corrected chi connectivity index (χ0v) is 33.4. The van der Waals surface area contributed by atoms with Crippen LogP contribution in [0.15, 0.2) is 36.4 Å². The molecule has 2 saturated heterocycles. The minimum absolute atomic E-state index is 0.0692. The number of hydrogen-bond donors (Lipinski definition) is 3. The topological polar surface area (TPSA) is 197 Å². The average molecular weight is 927 g/mol. The number of alkyl halides is 3. The van der Waals surface area contributed by atoms with Gasteiger partial charge in [-0.3, -0.25) is 58.8 Å². The van der Waals surface area contributed by atoms with E-state index in [-0.39, 0.29) is 53.7 Å². The first-order valence-corrected chi connectivity index (χ1v) is 20.5. The van der Waals surface area contributed by atoms with Gasteiger partial charge in [0.15, 0.2) is 0 Å². The van der Waals surface area contributed by atoms with Crippen molar-refractivity contribution in [1.82, 2.24) is 20.4 Å². The number of amides is 8. The second-order valence-electron chi connectivity index (χ2n) is 12.4. The molecule has 2 aromatic rings. The van der Waals surface area contributed by atoms with Crippen molar-refractivity contribution in [3.63, 3.8) is 0 Å². The summed E-state index contributed by atoms with van der Waals surface area (Å²) >= 11 is 10.1. The number of phenolic OH excluding ortho intramolecular Hbond substituents is 1. The highest BCUT2D eigenvalue weighted by molar-refractivity contribution is 9.09. The number of nitrogens with one attached hydrogen (secondary N) is 2. The summed E-state index contributed by atoms with van der Waals surface area (Å²) in [6.45, 7) is 0.533. The number of fused-ring (bicyclic) bond motifs is 2. The number of rotatable bonds is 12. The Morgan fingerprint density at radius 1 is 0.585 bits per heavy atom. The van der Waals surface area contributed by atoms with Gasteiger partial charge in [0.05, 0.1) is 28.9 Å². The summed E-state index contributed by atoms with van der Waals surface area (Å²) < 4.78 is 5.66. The summed E-state index contributed by atoms with van der Waals surface area (Å²) in [6, 6.07) is 6.66. The highest BCUT2D eigenvalue weighted by Gasteiger charge is 2.46. The van der Waals surface area contributed by atoms with Crippen molar-refractivity contribution in [2.75, 3.05) is 22.6 Å². The third-order valence-electron chi connectivity index (χ3n) is 8.65. The Kier molecular flexibility index (Phi) is 15.7. The van der Waals surface area contributed by atoms with Gasteiger partial charge < -0.3 is 9.84 Å². The Labute approximate surface area is 331 Å². The van der Waals surface area contributed by atoms with E-state index in [9.17, 15) is 43.5 Å². The highest BCUT2D eigenvalue weighted by atomic mass is 79.9. The van der Waals surface area contributed by atoms with Gasteiger partial charge in [-0.15, -0.1) is 0 Å². The molecular weight excluding hydrogens is 888 g/mol. The van der Waals surface area contributed by atoms with Crippen LogP contribution in [0.25, 0.3) is 0 Å². The Balaban J connectivity index is 0.000000205. The molecule has 3 N–H and O–H groups in total. The lowest BCUT2D eigenvalue weighted by Crippen LogP contribution is -2.54. The summed E-state index contributed by atoms with van der Waals surface area (Å²) in [4.78, 5) is 97.7. The van der Waals surface area contributed by atoms with Crippen molar-refractivity contribution in [1.29, 1.82) is 0 Å². The molecule has 6 rings (SSSR count). The first kappa shape index (κ1) is 41.8. The predicted octanol–water partition coefficient (Wildman–Crippen LogP) is 4.77. The van der Waals surface area contributed by atoms with E-state index in [0.29, 0.717) is 12.4 Å². The van der Waals surface area contributed by atoms with Gasteiger partial charge in [-0.2, -0.15) is 0 Å². The van der Waals surface area contributed by atoms with Crippen LogP contribution in [0.4, 0.5) is 0 Å². The second kappa shape index (κ2) is 19.9.